The van der Waals surface area contributed by atoms with Crippen LogP contribution < -0.4 is 0 Å². The Bertz CT molecular complexity index is 459. The van der Waals surface area contributed by atoms with Crippen LogP contribution in [0.2, 0.25) is 0 Å². The topological polar surface area (TPSA) is 53.8 Å². The molecule has 0 aromatic carbocycles. The maximum Gasteiger partial charge on any atom is 0.272 e. The van der Waals surface area contributed by atoms with Crippen LogP contribution in [-0.2, 0) is 0 Å². The fraction of sp³-hybridized carbons (Fsp3) is 0.125. The molecule has 0 bridgehead atoms. The van der Waals surface area contributed by atoms with Crippen LogP contribution in [0.5, 0.6) is 0 Å². The van der Waals surface area contributed by atoms with Gasteiger partial charge >= 0.3 is 0 Å². The highest BCUT2D eigenvalue weighted by Gasteiger charge is 2.19. The second kappa shape index (κ2) is 4.64. The molecule has 15 heavy (non-hydrogen) atoms. The van der Waals surface area contributed by atoms with E-state index in [-0.39, 0.29) is 15.9 Å². The molecule has 0 amide bonds. The van der Waals surface area contributed by atoms with Crippen LogP contribution in [0.4, 0.5) is 8.78 Å². The molecule has 1 rings (SSSR count). The van der Waals surface area contributed by atoms with Crippen molar-refractivity contribution in [3.8, 4) is 6.07 Å². The van der Waals surface area contributed by atoms with Gasteiger partial charge in [-0.2, -0.15) is 5.26 Å². The highest BCUT2D eigenvalue weighted by molar-refractivity contribution is 9.10. The smallest absolute Gasteiger partial charge is 0.272 e. The van der Waals surface area contributed by atoms with Crippen LogP contribution in [0.25, 0.3) is 0 Å². The third kappa shape index (κ3) is 2.49. The molecule has 0 spiro atoms. The Labute approximate surface area is 96.8 Å². The highest BCUT2D eigenvalue weighted by atomic mass is 79.9. The van der Waals surface area contributed by atoms with Crippen molar-refractivity contribution in [1.82, 2.24) is 4.98 Å². The molecule has 0 saturated carbocycles. The minimum absolute atomic E-state index is 0.194. The lowest BCUT2D eigenvalue weighted by Gasteiger charge is -2.04. The second-order valence-corrected chi connectivity index (χ2v) is 3.55. The first-order chi connectivity index (χ1) is 6.97. The van der Waals surface area contributed by atoms with Crippen LogP contribution in [0.15, 0.2) is 10.7 Å². The summed E-state index contributed by atoms with van der Waals surface area (Å²) in [6, 6.07) is 2.46. The summed E-state index contributed by atoms with van der Waals surface area (Å²) in [5, 5.41) is 7.64. The maximum atomic E-state index is 12.4. The molecule has 1 aromatic heterocycles. The van der Waals surface area contributed by atoms with E-state index in [1.54, 1.807) is 6.07 Å². The summed E-state index contributed by atoms with van der Waals surface area (Å²) in [6.07, 6.45) is -2.78. The standard InChI is InChI=1S/C8H2BrClF2N2O/c9-6-4(8(11)12)1-3(2-13)5(14-6)7(10)15/h1,8H. The largest absolute Gasteiger partial charge is 0.274 e. The molecule has 7 heteroatoms. The summed E-state index contributed by atoms with van der Waals surface area (Å²) in [5.41, 5.74) is -1.06. The lowest BCUT2D eigenvalue weighted by molar-refractivity contribution is 0.107. The van der Waals surface area contributed by atoms with Crippen molar-refractivity contribution in [2.75, 3.05) is 0 Å². The SMILES string of the molecule is N#Cc1cc(C(F)F)c(Br)nc1C(=O)Cl. The first-order valence-electron chi connectivity index (χ1n) is 3.56. The Balaban J connectivity index is 3.44. The molecule has 0 N–H and O–H groups in total. The van der Waals surface area contributed by atoms with Crippen molar-refractivity contribution >= 4 is 32.8 Å². The highest BCUT2D eigenvalue weighted by Crippen LogP contribution is 2.28. The maximum absolute atomic E-state index is 12.4. The zero-order chi connectivity index (χ0) is 11.6. The molecule has 0 saturated heterocycles. The molecule has 0 aliphatic heterocycles. The first-order valence-corrected chi connectivity index (χ1v) is 4.73. The number of aromatic nitrogens is 1. The number of nitrogens with zero attached hydrogens (tertiary/aromatic N) is 2. The van der Waals surface area contributed by atoms with E-state index in [0.717, 1.165) is 6.07 Å². The molecular formula is C8H2BrClF2N2O. The van der Waals surface area contributed by atoms with Gasteiger partial charge in [0.25, 0.3) is 11.7 Å². The summed E-state index contributed by atoms with van der Waals surface area (Å²) >= 11 is 7.90. The van der Waals surface area contributed by atoms with Crippen molar-refractivity contribution in [3.05, 3.63) is 27.5 Å². The Morgan fingerprint density at radius 2 is 2.27 bits per heavy atom. The third-order valence-electron chi connectivity index (χ3n) is 1.54. The van der Waals surface area contributed by atoms with Gasteiger partial charge in [-0.1, -0.05) is 0 Å². The lowest BCUT2D eigenvalue weighted by Crippen LogP contribution is -2.02. The van der Waals surface area contributed by atoms with Crippen LogP contribution >= 0.6 is 27.5 Å². The molecule has 78 valence electrons. The van der Waals surface area contributed by atoms with E-state index in [1.165, 1.54) is 0 Å². The van der Waals surface area contributed by atoms with Gasteiger partial charge < -0.3 is 0 Å². The Hall–Kier alpha value is -1.06. The molecule has 0 unspecified atom stereocenters. The number of alkyl halides is 2. The van der Waals surface area contributed by atoms with Gasteiger partial charge in [-0.25, -0.2) is 13.8 Å². The number of halogens is 4. The van der Waals surface area contributed by atoms with E-state index < -0.39 is 17.2 Å². The predicted molar refractivity (Wildman–Crippen MR) is 51.8 cm³/mol. The van der Waals surface area contributed by atoms with Crippen LogP contribution in [0.3, 0.4) is 0 Å². The molecule has 0 fully saturated rings. The molecule has 0 atom stereocenters. The normalized spacial score (nSPS) is 10.1. The first kappa shape index (κ1) is 12.0. The average Bonchev–Trinajstić information content (AvgIpc) is 2.16. The van der Waals surface area contributed by atoms with Crippen LogP contribution in [0, 0.1) is 11.3 Å². The number of carbonyl (C=O) groups excluding carboxylic acids is 1. The average molecular weight is 295 g/mol. The zero-order valence-electron chi connectivity index (χ0n) is 6.97. The zero-order valence-corrected chi connectivity index (χ0v) is 9.31. The fourth-order valence-electron chi connectivity index (χ4n) is 0.894. The Kier molecular flexibility index (Phi) is 3.72. The summed E-state index contributed by atoms with van der Waals surface area (Å²) < 4.78 is 24.6. The van der Waals surface area contributed by atoms with Gasteiger partial charge in [0.05, 0.1) is 11.1 Å². The Morgan fingerprint density at radius 1 is 1.67 bits per heavy atom. The van der Waals surface area contributed by atoms with Gasteiger partial charge in [-0.15, -0.1) is 0 Å². The van der Waals surface area contributed by atoms with Gasteiger partial charge in [-0.05, 0) is 33.6 Å². The van der Waals surface area contributed by atoms with E-state index in [4.69, 9.17) is 16.9 Å². The molecular weight excluding hydrogens is 293 g/mol. The Morgan fingerprint density at radius 3 is 2.67 bits per heavy atom. The number of hydrogen-bond donors (Lipinski definition) is 0. The fourth-order valence-corrected chi connectivity index (χ4v) is 1.50. The van der Waals surface area contributed by atoms with Crippen LogP contribution in [-0.4, -0.2) is 10.2 Å². The van der Waals surface area contributed by atoms with Gasteiger partial charge in [-0.3, -0.25) is 4.79 Å². The van der Waals surface area contributed by atoms with Gasteiger partial charge in [0.2, 0.25) is 0 Å². The molecule has 0 radical (unpaired) electrons. The molecule has 3 nitrogen and oxygen atoms in total. The third-order valence-corrected chi connectivity index (χ3v) is 2.36. The van der Waals surface area contributed by atoms with E-state index in [2.05, 4.69) is 20.9 Å². The number of pyridine rings is 1. The molecule has 0 aliphatic rings. The van der Waals surface area contributed by atoms with Crippen molar-refractivity contribution in [1.29, 1.82) is 5.26 Å². The predicted octanol–water partition coefficient (Wildman–Crippen LogP) is 3.03. The molecule has 1 heterocycles. The van der Waals surface area contributed by atoms with E-state index >= 15 is 0 Å². The van der Waals surface area contributed by atoms with Crippen LogP contribution in [0.1, 0.15) is 28.0 Å². The van der Waals surface area contributed by atoms with Gasteiger partial charge in [0.15, 0.2) is 0 Å². The van der Waals surface area contributed by atoms with E-state index in [1.807, 2.05) is 0 Å². The number of carbonyl (C=O) groups is 1. The second-order valence-electron chi connectivity index (χ2n) is 2.45. The molecule has 0 aliphatic carbocycles. The van der Waals surface area contributed by atoms with E-state index in [9.17, 15) is 13.6 Å². The monoisotopic (exact) mass is 294 g/mol. The molecule has 1 aromatic rings. The summed E-state index contributed by atoms with van der Waals surface area (Å²) in [7, 11) is 0. The van der Waals surface area contributed by atoms with Gasteiger partial charge in [0, 0.05) is 0 Å². The lowest BCUT2D eigenvalue weighted by atomic mass is 10.1. The number of rotatable bonds is 2. The van der Waals surface area contributed by atoms with Crippen molar-refractivity contribution < 1.29 is 13.6 Å². The summed E-state index contributed by atoms with van der Waals surface area (Å²) in [4.78, 5) is 14.3. The van der Waals surface area contributed by atoms with Crippen molar-refractivity contribution in [3.63, 3.8) is 0 Å². The number of hydrogen-bond acceptors (Lipinski definition) is 3. The van der Waals surface area contributed by atoms with Gasteiger partial charge in [0.1, 0.15) is 16.4 Å². The minimum Gasteiger partial charge on any atom is -0.274 e. The quantitative estimate of drug-likeness (QED) is 0.622. The van der Waals surface area contributed by atoms with Crippen molar-refractivity contribution in [2.24, 2.45) is 0 Å². The van der Waals surface area contributed by atoms with Crippen molar-refractivity contribution in [2.45, 2.75) is 6.43 Å². The summed E-state index contributed by atoms with van der Waals surface area (Å²) in [6.45, 7) is 0. The van der Waals surface area contributed by atoms with E-state index in [0.29, 0.717) is 0 Å². The summed E-state index contributed by atoms with van der Waals surface area (Å²) in [5.74, 6) is 0. The minimum atomic E-state index is -2.78. The number of nitriles is 1.